The number of pyridine rings is 1. The molecule has 1 aliphatic rings. The lowest BCUT2D eigenvalue weighted by Gasteiger charge is -2.20. The number of hydrogen-bond donors (Lipinski definition) is 2. The van der Waals surface area contributed by atoms with Crippen molar-refractivity contribution >= 4 is 29.2 Å². The van der Waals surface area contributed by atoms with Gasteiger partial charge in [0.2, 0.25) is 0 Å². The largest absolute Gasteiger partial charge is 0.464 e. The van der Waals surface area contributed by atoms with Crippen LogP contribution in [0.4, 0.5) is 11.5 Å². The molecule has 0 saturated heterocycles. The summed E-state index contributed by atoms with van der Waals surface area (Å²) < 4.78 is 4.67. The molecule has 0 bridgehead atoms. The van der Waals surface area contributed by atoms with Crippen LogP contribution < -0.4 is 11.1 Å². The van der Waals surface area contributed by atoms with Crippen LogP contribution in [0.2, 0.25) is 0 Å². The molecule has 6 heteroatoms. The molecular weight excluding hydrogens is 262 g/mol. The number of nitrogens with one attached hydrogen (secondary N) is 1. The second-order valence-electron chi connectivity index (χ2n) is 4.58. The molecule has 1 aliphatic carbocycles. The Labute approximate surface area is 117 Å². The van der Waals surface area contributed by atoms with Crippen molar-refractivity contribution in [2.45, 2.75) is 30.6 Å². The molecule has 0 aromatic carbocycles. The highest BCUT2D eigenvalue weighted by Crippen LogP contribution is 2.31. The quantitative estimate of drug-likeness (QED) is 0.823. The van der Waals surface area contributed by atoms with E-state index in [2.05, 4.69) is 21.3 Å². The van der Waals surface area contributed by atoms with Crippen LogP contribution in [-0.2, 0) is 4.74 Å². The van der Waals surface area contributed by atoms with Gasteiger partial charge in [0, 0.05) is 11.3 Å². The molecule has 1 saturated carbocycles. The van der Waals surface area contributed by atoms with Crippen LogP contribution in [0.5, 0.6) is 0 Å². The summed E-state index contributed by atoms with van der Waals surface area (Å²) in [6.07, 6.45) is 5.64. The van der Waals surface area contributed by atoms with Crippen molar-refractivity contribution in [2.24, 2.45) is 0 Å². The minimum atomic E-state index is -0.448. The van der Waals surface area contributed by atoms with Gasteiger partial charge in [-0.3, -0.25) is 0 Å². The fraction of sp³-hybridized carbons (Fsp3) is 0.538. The van der Waals surface area contributed by atoms with E-state index in [1.54, 1.807) is 12.1 Å². The summed E-state index contributed by atoms with van der Waals surface area (Å²) in [6, 6.07) is 3.62. The van der Waals surface area contributed by atoms with Gasteiger partial charge in [-0.1, -0.05) is 6.42 Å². The van der Waals surface area contributed by atoms with Crippen molar-refractivity contribution in [2.75, 3.05) is 24.4 Å². The fourth-order valence-corrected chi connectivity index (χ4v) is 3.29. The number of carbonyl (C=O) groups is 1. The number of rotatable bonds is 4. The molecule has 5 nitrogen and oxygen atoms in total. The molecule has 1 heterocycles. The molecule has 0 aliphatic heterocycles. The highest BCUT2D eigenvalue weighted by atomic mass is 32.2. The molecule has 0 radical (unpaired) electrons. The van der Waals surface area contributed by atoms with Crippen molar-refractivity contribution in [1.29, 1.82) is 0 Å². The maximum Gasteiger partial charge on any atom is 0.356 e. The van der Waals surface area contributed by atoms with Crippen LogP contribution in [0.1, 0.15) is 29.8 Å². The molecule has 104 valence electrons. The van der Waals surface area contributed by atoms with E-state index >= 15 is 0 Å². The molecule has 2 atom stereocenters. The Kier molecular flexibility index (Phi) is 4.52. The molecule has 2 rings (SSSR count). The van der Waals surface area contributed by atoms with Crippen LogP contribution >= 0.6 is 11.8 Å². The van der Waals surface area contributed by atoms with Gasteiger partial charge < -0.3 is 15.8 Å². The summed E-state index contributed by atoms with van der Waals surface area (Å²) in [4.78, 5) is 15.7. The first kappa shape index (κ1) is 14.0. The monoisotopic (exact) mass is 281 g/mol. The number of esters is 1. The average Bonchev–Trinajstić information content (AvgIpc) is 2.87. The number of nitrogens with zero attached hydrogens (tertiary/aromatic N) is 1. The molecule has 3 N–H and O–H groups in total. The zero-order chi connectivity index (χ0) is 13.8. The predicted octanol–water partition coefficient (Wildman–Crippen LogP) is 2.15. The van der Waals surface area contributed by atoms with E-state index in [4.69, 9.17) is 5.73 Å². The van der Waals surface area contributed by atoms with Crippen LogP contribution in [0.15, 0.2) is 12.1 Å². The number of nitrogen functional groups attached to an aromatic ring is 1. The first-order valence-electron chi connectivity index (χ1n) is 6.30. The number of carbonyl (C=O) groups excluding carboxylic acids is 1. The Balaban J connectivity index is 2.17. The topological polar surface area (TPSA) is 77.2 Å². The number of thioether (sulfide) groups is 1. The minimum Gasteiger partial charge on any atom is -0.464 e. The van der Waals surface area contributed by atoms with E-state index in [0.29, 0.717) is 22.8 Å². The van der Waals surface area contributed by atoms with E-state index < -0.39 is 5.97 Å². The van der Waals surface area contributed by atoms with Crippen molar-refractivity contribution < 1.29 is 9.53 Å². The van der Waals surface area contributed by atoms with E-state index in [-0.39, 0.29) is 5.69 Å². The number of ether oxygens (including phenoxy) is 1. The highest BCUT2D eigenvalue weighted by Gasteiger charge is 2.27. The Bertz CT molecular complexity index is 467. The molecule has 1 fully saturated rings. The van der Waals surface area contributed by atoms with Crippen molar-refractivity contribution in [3.05, 3.63) is 17.8 Å². The summed E-state index contributed by atoms with van der Waals surface area (Å²) >= 11 is 1.86. The third kappa shape index (κ3) is 3.12. The second kappa shape index (κ2) is 6.14. The Morgan fingerprint density at radius 3 is 3.00 bits per heavy atom. The summed E-state index contributed by atoms with van der Waals surface area (Å²) in [7, 11) is 1.34. The lowest BCUT2D eigenvalue weighted by Crippen LogP contribution is -2.27. The van der Waals surface area contributed by atoms with Crippen molar-refractivity contribution in [3.8, 4) is 0 Å². The van der Waals surface area contributed by atoms with Crippen LogP contribution in [-0.4, -0.2) is 35.6 Å². The summed E-state index contributed by atoms with van der Waals surface area (Å²) in [5.41, 5.74) is 6.74. The second-order valence-corrected chi connectivity index (χ2v) is 5.66. The standard InChI is InChI=1S/C13H19N3O2S/c1-18-13(17)10-7-6-8(14)12(16-10)15-9-4-3-5-11(9)19-2/h6-7,9,11H,3-5,14H2,1-2H3,(H,15,16). The lowest BCUT2D eigenvalue weighted by molar-refractivity contribution is 0.0594. The van der Waals surface area contributed by atoms with E-state index in [1.807, 2.05) is 11.8 Å². The minimum absolute atomic E-state index is 0.276. The highest BCUT2D eigenvalue weighted by molar-refractivity contribution is 7.99. The zero-order valence-corrected chi connectivity index (χ0v) is 12.0. The molecule has 1 aromatic rings. The van der Waals surface area contributed by atoms with Crippen LogP contribution in [0.25, 0.3) is 0 Å². The van der Waals surface area contributed by atoms with E-state index in [9.17, 15) is 4.79 Å². The Hall–Kier alpha value is -1.43. The third-order valence-corrected chi connectivity index (χ3v) is 4.57. The zero-order valence-electron chi connectivity index (χ0n) is 11.2. The van der Waals surface area contributed by atoms with Gasteiger partial charge in [0.15, 0.2) is 5.69 Å². The van der Waals surface area contributed by atoms with Gasteiger partial charge in [0.1, 0.15) is 5.82 Å². The maximum absolute atomic E-state index is 11.5. The summed E-state index contributed by atoms with van der Waals surface area (Å²) in [5, 5.41) is 3.94. The van der Waals surface area contributed by atoms with E-state index in [1.165, 1.54) is 20.0 Å². The first-order chi connectivity index (χ1) is 9.15. The Morgan fingerprint density at radius 2 is 2.32 bits per heavy atom. The number of nitrogens with two attached hydrogens (primary N) is 1. The molecule has 1 aromatic heterocycles. The maximum atomic E-state index is 11.5. The number of aromatic nitrogens is 1. The normalized spacial score (nSPS) is 22.2. The van der Waals surface area contributed by atoms with Crippen molar-refractivity contribution in [1.82, 2.24) is 4.98 Å². The number of hydrogen-bond acceptors (Lipinski definition) is 6. The van der Waals surface area contributed by atoms with Gasteiger partial charge in [-0.25, -0.2) is 9.78 Å². The van der Waals surface area contributed by atoms with E-state index in [0.717, 1.165) is 6.42 Å². The molecule has 19 heavy (non-hydrogen) atoms. The first-order valence-corrected chi connectivity index (χ1v) is 7.58. The third-order valence-electron chi connectivity index (χ3n) is 3.40. The molecule has 2 unspecified atom stereocenters. The summed E-state index contributed by atoms with van der Waals surface area (Å²) in [5.74, 6) is 0.129. The molecule has 0 amide bonds. The predicted molar refractivity (Wildman–Crippen MR) is 78.6 cm³/mol. The Morgan fingerprint density at radius 1 is 1.53 bits per heavy atom. The van der Waals surface area contributed by atoms with Gasteiger partial charge >= 0.3 is 5.97 Å². The van der Waals surface area contributed by atoms with Gasteiger partial charge in [-0.15, -0.1) is 0 Å². The lowest BCUT2D eigenvalue weighted by atomic mass is 10.2. The van der Waals surface area contributed by atoms with Crippen molar-refractivity contribution in [3.63, 3.8) is 0 Å². The molecular formula is C13H19N3O2S. The van der Waals surface area contributed by atoms with Gasteiger partial charge in [0.25, 0.3) is 0 Å². The van der Waals surface area contributed by atoms with Gasteiger partial charge in [0.05, 0.1) is 12.8 Å². The average molecular weight is 281 g/mol. The number of methoxy groups -OCH3 is 1. The SMILES string of the molecule is COC(=O)c1ccc(N)c(NC2CCCC2SC)n1. The smallest absolute Gasteiger partial charge is 0.356 e. The van der Waals surface area contributed by atoms with Crippen LogP contribution in [0.3, 0.4) is 0 Å². The fourth-order valence-electron chi connectivity index (χ4n) is 2.35. The summed E-state index contributed by atoms with van der Waals surface area (Å²) in [6.45, 7) is 0. The van der Waals surface area contributed by atoms with Crippen LogP contribution in [0, 0.1) is 0 Å². The van der Waals surface area contributed by atoms with Gasteiger partial charge in [-0.2, -0.15) is 11.8 Å². The number of anilines is 2. The van der Waals surface area contributed by atoms with Gasteiger partial charge in [-0.05, 0) is 31.2 Å². The molecule has 0 spiro atoms.